The molecule has 0 radical (unpaired) electrons. The number of carbonyl (C=O) groups excluding carboxylic acids is 5. The first-order valence-corrected chi connectivity index (χ1v) is 16.7. The lowest BCUT2D eigenvalue weighted by Crippen LogP contribution is -2.57. The molecule has 4 amide bonds. The van der Waals surface area contributed by atoms with Crippen molar-refractivity contribution in [1.29, 1.82) is 0 Å². The van der Waals surface area contributed by atoms with E-state index in [4.69, 9.17) is 0 Å². The van der Waals surface area contributed by atoms with Crippen molar-refractivity contribution in [3.05, 3.63) is 143 Å². The lowest BCUT2D eigenvalue weighted by atomic mass is 9.99. The first kappa shape index (κ1) is 34.8. The van der Waals surface area contributed by atoms with E-state index in [1.54, 1.807) is 6.92 Å². The maximum atomic E-state index is 13.9. The van der Waals surface area contributed by atoms with Gasteiger partial charge >= 0.3 is 0 Å². The highest BCUT2D eigenvalue weighted by molar-refractivity contribution is 6.38. The third-order valence-corrected chi connectivity index (χ3v) is 8.81. The Morgan fingerprint density at radius 3 is 1.71 bits per heavy atom. The van der Waals surface area contributed by atoms with Gasteiger partial charge in [0.2, 0.25) is 23.5 Å². The molecule has 3 atom stereocenters. The van der Waals surface area contributed by atoms with Crippen molar-refractivity contribution in [3.8, 4) is 0 Å². The molecule has 0 heterocycles. The minimum absolute atomic E-state index is 0.0831. The van der Waals surface area contributed by atoms with E-state index < -0.39 is 41.6 Å². The third-order valence-electron chi connectivity index (χ3n) is 8.81. The van der Waals surface area contributed by atoms with Gasteiger partial charge < -0.3 is 21.3 Å². The van der Waals surface area contributed by atoms with E-state index in [0.717, 1.165) is 27.8 Å². The second-order valence-corrected chi connectivity index (χ2v) is 12.5. The SMILES string of the molecule is C[C@H](NC(=O)C1Cc2ccccc2C1)C(=O)N[C@@H](CCc1ccccc1)C(=O)N[C@@H](Cc1ccccc1)C(=O)C(=O)NCc1ccccc1. The quantitative estimate of drug-likeness (QED) is 0.145. The number of ketones is 1. The molecule has 0 aliphatic heterocycles. The second kappa shape index (κ2) is 17.0. The van der Waals surface area contributed by atoms with Crippen molar-refractivity contribution in [3.63, 3.8) is 0 Å². The largest absolute Gasteiger partial charge is 0.345 e. The van der Waals surface area contributed by atoms with Crippen LogP contribution in [0.5, 0.6) is 0 Å². The molecule has 4 aromatic carbocycles. The van der Waals surface area contributed by atoms with Gasteiger partial charge in [-0.3, -0.25) is 24.0 Å². The summed E-state index contributed by atoms with van der Waals surface area (Å²) in [7, 11) is 0. The maximum Gasteiger partial charge on any atom is 0.289 e. The van der Waals surface area contributed by atoms with Crippen molar-refractivity contribution in [1.82, 2.24) is 21.3 Å². The smallest absolute Gasteiger partial charge is 0.289 e. The van der Waals surface area contributed by atoms with Crippen LogP contribution in [0.1, 0.15) is 41.2 Å². The Hall–Kier alpha value is -5.57. The van der Waals surface area contributed by atoms with Gasteiger partial charge in [-0.05, 0) is 60.4 Å². The Balaban J connectivity index is 1.27. The molecule has 0 unspecified atom stereocenters. The van der Waals surface area contributed by atoms with E-state index >= 15 is 0 Å². The zero-order valence-electron chi connectivity index (χ0n) is 27.6. The fraction of sp³-hybridized carbons (Fsp3) is 0.275. The molecule has 5 rings (SSSR count). The average Bonchev–Trinajstić information content (AvgIpc) is 3.58. The molecule has 0 aromatic heterocycles. The molecular weight excluding hydrogens is 616 g/mol. The molecule has 0 fully saturated rings. The van der Waals surface area contributed by atoms with Crippen molar-refractivity contribution >= 4 is 29.4 Å². The topological polar surface area (TPSA) is 133 Å². The van der Waals surface area contributed by atoms with Crippen molar-refractivity contribution in [2.45, 2.75) is 63.7 Å². The molecule has 49 heavy (non-hydrogen) atoms. The third kappa shape index (κ3) is 9.96. The Labute approximate surface area is 286 Å². The van der Waals surface area contributed by atoms with Gasteiger partial charge in [0.05, 0.1) is 0 Å². The van der Waals surface area contributed by atoms with Gasteiger partial charge in [-0.2, -0.15) is 0 Å². The monoisotopic (exact) mass is 658 g/mol. The van der Waals surface area contributed by atoms with E-state index in [-0.39, 0.29) is 31.2 Å². The van der Waals surface area contributed by atoms with Crippen LogP contribution in [-0.2, 0) is 56.2 Å². The Kier molecular flexibility index (Phi) is 12.1. The molecule has 0 saturated carbocycles. The molecule has 252 valence electrons. The number of amides is 4. The molecule has 0 spiro atoms. The number of carbonyl (C=O) groups is 5. The summed E-state index contributed by atoms with van der Waals surface area (Å²) in [6.07, 6.45) is 1.99. The summed E-state index contributed by atoms with van der Waals surface area (Å²) in [5, 5.41) is 11.1. The molecule has 4 aromatic rings. The Morgan fingerprint density at radius 2 is 1.12 bits per heavy atom. The molecule has 1 aliphatic carbocycles. The van der Waals surface area contributed by atoms with Gasteiger partial charge in [0, 0.05) is 18.9 Å². The predicted octanol–water partition coefficient (Wildman–Crippen LogP) is 3.64. The highest BCUT2D eigenvalue weighted by Crippen LogP contribution is 2.26. The molecule has 0 saturated heterocycles. The number of hydrogen-bond acceptors (Lipinski definition) is 5. The maximum absolute atomic E-state index is 13.9. The number of Topliss-reactive ketones (excluding diaryl/α,β-unsaturated/α-hetero) is 1. The van der Waals surface area contributed by atoms with Gasteiger partial charge in [0.25, 0.3) is 5.91 Å². The molecule has 1 aliphatic rings. The van der Waals surface area contributed by atoms with Gasteiger partial charge in [0.1, 0.15) is 18.1 Å². The summed E-state index contributed by atoms with van der Waals surface area (Å²) in [5.74, 6) is -3.23. The standard InChI is InChI=1S/C40H42N4O5/c1-27(42-38(47)33-24-31-19-11-12-20-32(31)25-33)37(46)43-34(22-21-28-13-5-2-6-14-28)39(48)44-35(23-29-15-7-3-8-16-29)36(45)40(49)41-26-30-17-9-4-10-18-30/h2-20,27,33-35H,21-26H2,1H3,(H,41,49)(H,42,47)(H,43,46)(H,44,48)/t27-,34-,35-/m0/s1. The molecule has 4 N–H and O–H groups in total. The minimum Gasteiger partial charge on any atom is -0.345 e. The first-order chi connectivity index (χ1) is 23.8. The summed E-state index contributed by atoms with van der Waals surface area (Å²) in [6.45, 7) is 1.74. The molecule has 9 nitrogen and oxygen atoms in total. The van der Waals surface area contributed by atoms with Gasteiger partial charge in [-0.25, -0.2) is 0 Å². The Morgan fingerprint density at radius 1 is 0.612 bits per heavy atom. The highest BCUT2D eigenvalue weighted by Gasteiger charge is 2.33. The molecule has 0 bridgehead atoms. The minimum atomic E-state index is -1.18. The van der Waals surface area contributed by atoms with Crippen LogP contribution in [0.4, 0.5) is 0 Å². The van der Waals surface area contributed by atoms with Crippen LogP contribution in [0.15, 0.2) is 115 Å². The summed E-state index contributed by atoms with van der Waals surface area (Å²) < 4.78 is 0. The first-order valence-electron chi connectivity index (χ1n) is 16.7. The zero-order chi connectivity index (χ0) is 34.6. The lowest BCUT2D eigenvalue weighted by Gasteiger charge is -2.25. The van der Waals surface area contributed by atoms with Crippen molar-refractivity contribution < 1.29 is 24.0 Å². The fourth-order valence-corrected chi connectivity index (χ4v) is 6.02. The van der Waals surface area contributed by atoms with Gasteiger partial charge in [0.15, 0.2) is 0 Å². The van der Waals surface area contributed by atoms with Crippen LogP contribution in [0, 0.1) is 5.92 Å². The van der Waals surface area contributed by atoms with Crippen LogP contribution >= 0.6 is 0 Å². The van der Waals surface area contributed by atoms with Gasteiger partial charge in [-0.1, -0.05) is 115 Å². The van der Waals surface area contributed by atoms with Crippen LogP contribution in [0.25, 0.3) is 0 Å². The summed E-state index contributed by atoms with van der Waals surface area (Å²) in [5.41, 5.74) is 4.81. The van der Waals surface area contributed by atoms with Crippen LogP contribution in [0.2, 0.25) is 0 Å². The van der Waals surface area contributed by atoms with Crippen molar-refractivity contribution in [2.24, 2.45) is 5.92 Å². The lowest BCUT2D eigenvalue weighted by molar-refractivity contribution is -0.140. The second-order valence-electron chi connectivity index (χ2n) is 12.5. The molecular formula is C40H42N4O5. The molecule has 9 heteroatoms. The highest BCUT2D eigenvalue weighted by atomic mass is 16.2. The normalized spacial score (nSPS) is 14.1. The Bertz CT molecular complexity index is 1720. The van der Waals surface area contributed by atoms with E-state index in [1.807, 2.05) is 115 Å². The van der Waals surface area contributed by atoms with Gasteiger partial charge in [-0.15, -0.1) is 0 Å². The predicted molar refractivity (Wildman–Crippen MR) is 187 cm³/mol. The van der Waals surface area contributed by atoms with Crippen LogP contribution in [-0.4, -0.2) is 47.5 Å². The van der Waals surface area contributed by atoms with E-state index in [0.29, 0.717) is 19.3 Å². The average molecular weight is 659 g/mol. The zero-order valence-corrected chi connectivity index (χ0v) is 27.6. The van der Waals surface area contributed by atoms with Crippen molar-refractivity contribution in [2.75, 3.05) is 0 Å². The van der Waals surface area contributed by atoms with Crippen LogP contribution < -0.4 is 21.3 Å². The number of fused-ring (bicyclic) bond motifs is 1. The summed E-state index contributed by atoms with van der Waals surface area (Å²) in [4.78, 5) is 67.0. The summed E-state index contributed by atoms with van der Waals surface area (Å²) >= 11 is 0. The fourth-order valence-electron chi connectivity index (χ4n) is 6.02. The number of nitrogens with one attached hydrogen (secondary N) is 4. The van der Waals surface area contributed by atoms with E-state index in [9.17, 15) is 24.0 Å². The number of hydrogen-bond donors (Lipinski definition) is 4. The number of aryl methyl sites for hydroxylation is 1. The van der Waals surface area contributed by atoms with E-state index in [1.165, 1.54) is 0 Å². The summed E-state index contributed by atoms with van der Waals surface area (Å²) in [6, 6.07) is 32.6. The van der Waals surface area contributed by atoms with Crippen LogP contribution in [0.3, 0.4) is 0 Å². The number of rotatable bonds is 15. The number of benzene rings is 4. The van der Waals surface area contributed by atoms with E-state index in [2.05, 4.69) is 21.3 Å².